The smallest absolute Gasteiger partial charge is 0.222 e. The molecule has 0 fully saturated rings. The van der Waals surface area contributed by atoms with Gasteiger partial charge in [0.1, 0.15) is 12.1 Å². The van der Waals surface area contributed by atoms with Gasteiger partial charge in [-0.15, -0.1) is 0 Å². The van der Waals surface area contributed by atoms with E-state index in [4.69, 9.17) is 0 Å². The van der Waals surface area contributed by atoms with Crippen molar-refractivity contribution in [2.45, 2.75) is 19.5 Å². The molecule has 130 valence electrons. The number of aromatic nitrogens is 4. The van der Waals surface area contributed by atoms with Gasteiger partial charge in [0.15, 0.2) is 0 Å². The van der Waals surface area contributed by atoms with Gasteiger partial charge in [0.2, 0.25) is 5.91 Å². The first-order valence-corrected chi connectivity index (χ1v) is 8.53. The molecule has 1 amide bonds. The quantitative estimate of drug-likeness (QED) is 0.584. The zero-order valence-electron chi connectivity index (χ0n) is 14.2. The number of fused-ring (bicyclic) bond motifs is 1. The molecule has 0 unspecified atom stereocenters. The molecule has 3 aromatic heterocycles. The minimum atomic E-state index is 0.0291. The highest BCUT2D eigenvalue weighted by Gasteiger charge is 2.05. The number of nitrogens with one attached hydrogen (secondary N) is 1. The molecule has 0 atom stereocenters. The third-order valence-corrected chi connectivity index (χ3v) is 4.33. The zero-order valence-corrected chi connectivity index (χ0v) is 14.2. The Kier molecular flexibility index (Phi) is 4.47. The van der Waals surface area contributed by atoms with Gasteiger partial charge in [-0.25, -0.2) is 9.97 Å². The summed E-state index contributed by atoms with van der Waals surface area (Å²) in [6.45, 7) is 1.14. The normalized spacial score (nSPS) is 10.9. The van der Waals surface area contributed by atoms with Gasteiger partial charge in [-0.05, 0) is 29.1 Å². The van der Waals surface area contributed by atoms with Crippen LogP contribution in [0.15, 0.2) is 73.6 Å². The van der Waals surface area contributed by atoms with Gasteiger partial charge in [-0.2, -0.15) is 0 Å². The third-order valence-electron chi connectivity index (χ3n) is 4.33. The Morgan fingerprint density at radius 2 is 2.00 bits per heavy atom. The zero-order chi connectivity index (χ0) is 17.8. The fourth-order valence-corrected chi connectivity index (χ4v) is 2.92. The lowest BCUT2D eigenvalue weighted by Gasteiger charge is -2.08. The molecule has 3 heterocycles. The number of aryl methyl sites for hydroxylation is 1. The monoisotopic (exact) mass is 345 g/mol. The maximum absolute atomic E-state index is 12.1. The molecule has 0 saturated heterocycles. The van der Waals surface area contributed by atoms with Gasteiger partial charge >= 0.3 is 0 Å². The Morgan fingerprint density at radius 1 is 1.08 bits per heavy atom. The average molecular weight is 345 g/mol. The van der Waals surface area contributed by atoms with E-state index >= 15 is 0 Å². The topological polar surface area (TPSA) is 64.7 Å². The Bertz CT molecular complexity index is 1000. The van der Waals surface area contributed by atoms with Crippen LogP contribution in [-0.2, 0) is 17.9 Å². The maximum atomic E-state index is 12.1. The van der Waals surface area contributed by atoms with Gasteiger partial charge in [0.05, 0.1) is 0 Å². The van der Waals surface area contributed by atoms with Gasteiger partial charge < -0.3 is 9.88 Å². The third kappa shape index (κ3) is 3.49. The van der Waals surface area contributed by atoms with Crippen molar-refractivity contribution in [2.24, 2.45) is 0 Å². The van der Waals surface area contributed by atoms with Crippen molar-refractivity contribution in [3.05, 3.63) is 79.1 Å². The summed E-state index contributed by atoms with van der Waals surface area (Å²) >= 11 is 0. The van der Waals surface area contributed by atoms with Crippen LogP contribution in [0.25, 0.3) is 16.7 Å². The SMILES string of the molecule is O=C(CCn1ccc2ccccc21)NCc1ccc(-n2ccnc2)nc1. The summed E-state index contributed by atoms with van der Waals surface area (Å²) in [7, 11) is 0. The number of para-hydroxylation sites is 1. The highest BCUT2D eigenvalue weighted by Crippen LogP contribution is 2.15. The van der Waals surface area contributed by atoms with Gasteiger partial charge in [-0.1, -0.05) is 24.3 Å². The maximum Gasteiger partial charge on any atom is 0.222 e. The van der Waals surface area contributed by atoms with Crippen LogP contribution in [0, 0.1) is 0 Å². The van der Waals surface area contributed by atoms with Crippen LogP contribution >= 0.6 is 0 Å². The minimum Gasteiger partial charge on any atom is -0.352 e. The number of carbonyl (C=O) groups excluding carboxylic acids is 1. The van der Waals surface area contributed by atoms with Crippen LogP contribution in [0.3, 0.4) is 0 Å². The molecule has 26 heavy (non-hydrogen) atoms. The van der Waals surface area contributed by atoms with Crippen molar-refractivity contribution < 1.29 is 4.79 Å². The molecule has 1 aromatic carbocycles. The molecular formula is C20H19N5O. The molecular weight excluding hydrogens is 326 g/mol. The van der Waals surface area contributed by atoms with Crippen molar-refractivity contribution in [1.29, 1.82) is 0 Å². The van der Waals surface area contributed by atoms with E-state index in [-0.39, 0.29) is 5.91 Å². The Labute approximate surface area is 151 Å². The van der Waals surface area contributed by atoms with E-state index in [2.05, 4.69) is 38.1 Å². The number of nitrogens with zero attached hydrogens (tertiary/aromatic N) is 4. The number of benzene rings is 1. The molecule has 1 N–H and O–H groups in total. The fourth-order valence-electron chi connectivity index (χ4n) is 2.92. The molecule has 6 heteroatoms. The number of rotatable bonds is 6. The van der Waals surface area contributed by atoms with E-state index in [9.17, 15) is 4.79 Å². The van der Waals surface area contributed by atoms with Crippen LogP contribution in [-0.4, -0.2) is 25.0 Å². The van der Waals surface area contributed by atoms with Crippen LogP contribution in [0.4, 0.5) is 0 Å². The van der Waals surface area contributed by atoms with Crippen LogP contribution in [0.2, 0.25) is 0 Å². The number of carbonyl (C=O) groups is 1. The second-order valence-electron chi connectivity index (χ2n) is 6.09. The number of hydrogen-bond acceptors (Lipinski definition) is 3. The van der Waals surface area contributed by atoms with Crippen LogP contribution < -0.4 is 5.32 Å². The molecule has 0 aliphatic carbocycles. The van der Waals surface area contributed by atoms with E-state index in [1.54, 1.807) is 18.7 Å². The summed E-state index contributed by atoms with van der Waals surface area (Å²) in [5.41, 5.74) is 2.12. The van der Waals surface area contributed by atoms with E-state index in [0.29, 0.717) is 19.5 Å². The van der Waals surface area contributed by atoms with Crippen LogP contribution in [0.5, 0.6) is 0 Å². The Morgan fingerprint density at radius 3 is 2.81 bits per heavy atom. The highest BCUT2D eigenvalue weighted by molar-refractivity contribution is 5.80. The highest BCUT2D eigenvalue weighted by atomic mass is 16.1. The molecule has 4 rings (SSSR count). The van der Waals surface area contributed by atoms with Crippen molar-refractivity contribution in [2.75, 3.05) is 0 Å². The lowest BCUT2D eigenvalue weighted by atomic mass is 10.2. The largest absolute Gasteiger partial charge is 0.352 e. The number of pyridine rings is 1. The first-order valence-electron chi connectivity index (χ1n) is 8.53. The van der Waals surface area contributed by atoms with Crippen LogP contribution in [0.1, 0.15) is 12.0 Å². The average Bonchev–Trinajstić information content (AvgIpc) is 3.35. The van der Waals surface area contributed by atoms with E-state index in [1.807, 2.05) is 41.2 Å². The summed E-state index contributed by atoms with van der Waals surface area (Å²) in [6, 6.07) is 14.1. The lowest BCUT2D eigenvalue weighted by molar-refractivity contribution is -0.121. The summed E-state index contributed by atoms with van der Waals surface area (Å²) in [6.07, 6.45) is 9.50. The van der Waals surface area contributed by atoms with E-state index in [1.165, 1.54) is 5.39 Å². The molecule has 0 aliphatic rings. The summed E-state index contributed by atoms with van der Waals surface area (Å²) in [5.74, 6) is 0.832. The summed E-state index contributed by atoms with van der Waals surface area (Å²) < 4.78 is 3.94. The van der Waals surface area contributed by atoms with Gasteiger partial charge in [0, 0.05) is 49.8 Å². The Balaban J connectivity index is 1.30. The first-order chi connectivity index (χ1) is 12.8. The standard InChI is InChI=1S/C20H19N5O/c26-20(8-11-24-10-7-17-3-1-2-4-18(17)24)23-14-16-5-6-19(22-13-16)25-12-9-21-15-25/h1-7,9-10,12-13,15H,8,11,14H2,(H,23,26). The molecule has 0 bridgehead atoms. The van der Waals surface area contributed by atoms with Crippen molar-refractivity contribution in [3.63, 3.8) is 0 Å². The fraction of sp³-hybridized carbons (Fsp3) is 0.150. The van der Waals surface area contributed by atoms with Crippen molar-refractivity contribution >= 4 is 16.8 Å². The molecule has 0 spiro atoms. The minimum absolute atomic E-state index is 0.0291. The predicted octanol–water partition coefficient (Wildman–Crippen LogP) is 2.93. The second-order valence-corrected chi connectivity index (χ2v) is 6.09. The predicted molar refractivity (Wildman–Crippen MR) is 99.8 cm³/mol. The van der Waals surface area contributed by atoms with E-state index < -0.39 is 0 Å². The van der Waals surface area contributed by atoms with Crippen molar-refractivity contribution in [1.82, 2.24) is 24.4 Å². The molecule has 4 aromatic rings. The summed E-state index contributed by atoms with van der Waals surface area (Å²) in [4.78, 5) is 20.5. The molecule has 0 radical (unpaired) electrons. The Hall–Kier alpha value is -3.41. The number of amides is 1. The lowest BCUT2D eigenvalue weighted by Crippen LogP contribution is -2.23. The molecule has 6 nitrogen and oxygen atoms in total. The summed E-state index contributed by atoms with van der Waals surface area (Å²) in [5, 5.41) is 4.14. The van der Waals surface area contributed by atoms with Gasteiger partial charge in [0.25, 0.3) is 0 Å². The van der Waals surface area contributed by atoms with Gasteiger partial charge in [-0.3, -0.25) is 9.36 Å². The molecule has 0 saturated carbocycles. The first kappa shape index (κ1) is 16.1. The van der Waals surface area contributed by atoms with Crippen molar-refractivity contribution in [3.8, 4) is 5.82 Å². The second kappa shape index (κ2) is 7.23. The number of imidazole rings is 1. The number of hydrogen-bond donors (Lipinski definition) is 1. The molecule has 0 aliphatic heterocycles. The van der Waals surface area contributed by atoms with E-state index in [0.717, 1.165) is 16.9 Å².